The number of phenolic OH excluding ortho intramolecular Hbond substituents is 2. The maximum absolute atomic E-state index is 13.9. The van der Waals surface area contributed by atoms with Crippen LogP contribution in [0, 0.1) is 5.41 Å². The van der Waals surface area contributed by atoms with Crippen molar-refractivity contribution in [2.45, 2.75) is 74.9 Å². The molecule has 50 heavy (non-hydrogen) atoms. The third-order valence-corrected chi connectivity index (χ3v) is 10.7. The number of Topliss-reactive ketones (excluding diaryl/α,β-unsaturated/α-hetero) is 1. The number of morpholine rings is 1. The number of aromatic hydroxyl groups is 2. The minimum Gasteiger partial charge on any atom is -0.507 e. The third-order valence-electron chi connectivity index (χ3n) is 10.1. The fourth-order valence-electron chi connectivity index (χ4n) is 7.88. The first-order valence-electron chi connectivity index (χ1n) is 16.1. The van der Waals surface area contributed by atoms with Crippen molar-refractivity contribution >= 4 is 27.4 Å². The molecule has 17 heteroatoms. The van der Waals surface area contributed by atoms with Crippen LogP contribution >= 0.6 is 0 Å². The summed E-state index contributed by atoms with van der Waals surface area (Å²) in [5.41, 5.74) is -3.39. The Balaban J connectivity index is 1.30. The Morgan fingerprint density at radius 3 is 2.60 bits per heavy atom. The van der Waals surface area contributed by atoms with E-state index < -0.39 is 94.8 Å². The molecule has 0 aromatic heterocycles. The van der Waals surface area contributed by atoms with E-state index in [0.717, 1.165) is 6.26 Å². The number of nitrogens with zero attached hydrogens (tertiary/aromatic N) is 1. The quantitative estimate of drug-likeness (QED) is 0.188. The first-order chi connectivity index (χ1) is 23.7. The van der Waals surface area contributed by atoms with Gasteiger partial charge < -0.3 is 43.7 Å². The van der Waals surface area contributed by atoms with Crippen LogP contribution in [0.5, 0.6) is 17.2 Å². The highest BCUT2D eigenvalue weighted by Crippen LogP contribution is 2.53. The van der Waals surface area contributed by atoms with Gasteiger partial charge in [-0.2, -0.15) is 8.42 Å². The van der Waals surface area contributed by atoms with Crippen LogP contribution in [0.2, 0.25) is 0 Å². The van der Waals surface area contributed by atoms with Crippen LogP contribution in [0.15, 0.2) is 18.2 Å². The average molecular weight is 719 g/mol. The first-order valence-corrected chi connectivity index (χ1v) is 17.9. The zero-order valence-electron chi connectivity index (χ0n) is 27.7. The minimum atomic E-state index is -4.07. The van der Waals surface area contributed by atoms with Gasteiger partial charge in [-0.1, -0.05) is 12.1 Å². The maximum atomic E-state index is 13.9. The highest BCUT2D eigenvalue weighted by Gasteiger charge is 2.55. The first kappa shape index (κ1) is 34.9. The van der Waals surface area contributed by atoms with E-state index in [1.54, 1.807) is 12.1 Å². The molecule has 8 atom stereocenters. The lowest BCUT2D eigenvalue weighted by atomic mass is 9.71. The summed E-state index contributed by atoms with van der Waals surface area (Å²) in [5, 5.41) is 44.5. The number of carbonyl (C=O) groups excluding carboxylic acids is 2. The molecule has 2 aliphatic carbocycles. The summed E-state index contributed by atoms with van der Waals surface area (Å²) < 4.78 is 63.7. The van der Waals surface area contributed by atoms with E-state index >= 15 is 0 Å². The molecule has 2 aromatic carbocycles. The molecule has 2 aromatic rings. The van der Waals surface area contributed by atoms with Crippen LogP contribution in [0.4, 0.5) is 0 Å². The van der Waals surface area contributed by atoms with Gasteiger partial charge in [-0.25, -0.2) is 0 Å². The Kier molecular flexibility index (Phi) is 8.80. The number of carbonyl (C=O) groups is 2. The summed E-state index contributed by atoms with van der Waals surface area (Å²) in [5.74, 6) is -2.76. The van der Waals surface area contributed by atoms with Gasteiger partial charge in [-0.05, 0) is 13.0 Å². The molecular formula is C33H38N2O14S. The second-order valence-corrected chi connectivity index (χ2v) is 14.8. The topological polar surface area (TPSA) is 221 Å². The van der Waals surface area contributed by atoms with E-state index in [1.165, 1.54) is 20.3 Å². The number of aliphatic hydroxyl groups is 1. The predicted octanol–water partition coefficient (Wildman–Crippen LogP) is 0.880. The van der Waals surface area contributed by atoms with Crippen molar-refractivity contribution in [1.29, 1.82) is 5.41 Å². The molecule has 0 saturated carbocycles. The van der Waals surface area contributed by atoms with Crippen LogP contribution in [0.25, 0.3) is 0 Å². The Bertz CT molecular complexity index is 1880. The Labute approximate surface area is 287 Å². The van der Waals surface area contributed by atoms with Crippen molar-refractivity contribution in [3.8, 4) is 17.2 Å². The van der Waals surface area contributed by atoms with Crippen molar-refractivity contribution in [3.05, 3.63) is 51.6 Å². The fourth-order valence-corrected chi connectivity index (χ4v) is 8.20. The summed E-state index contributed by atoms with van der Waals surface area (Å²) in [6, 6.07) is 4.36. The minimum absolute atomic E-state index is 0.0445. The van der Waals surface area contributed by atoms with Gasteiger partial charge in [0, 0.05) is 55.6 Å². The molecule has 270 valence electrons. The molecule has 0 radical (unpaired) electrons. The molecule has 16 nitrogen and oxygen atoms in total. The molecule has 4 N–H and O–H groups in total. The SMILES string of the molecule is COc1cccc2c1C(=N)c1c(O)c3c(c(O)c1C2=O)C[C@@](O)(C(=O)COS(C)(=O)=O)C[C@@H]3O[C@H]1C[C@H]2[C@H](O[C@@H]3[C@@H](OC)OCCN32)[C@H](C)O1. The third kappa shape index (κ3) is 5.61. The highest BCUT2D eigenvalue weighted by molar-refractivity contribution is 7.86. The number of methoxy groups -OCH3 is 2. The van der Waals surface area contributed by atoms with Crippen molar-refractivity contribution in [2.24, 2.45) is 0 Å². The van der Waals surface area contributed by atoms with Gasteiger partial charge >= 0.3 is 0 Å². The Morgan fingerprint density at radius 2 is 1.90 bits per heavy atom. The standard InChI is InChI=1S/C33H38N2O14S/c1-14-30-17(35-8-9-45-32(44-3)31(35)49-30)10-21(47-14)48-19-12-33(40,20(36)13-46-50(4,41)42)11-16-23(19)29(39)24-25(28(16)38)27(37)15-6-5-7-18(43-2)22(15)26(24)34/h5-7,14,17,19,21,30-32,34,38-40H,8-13H2,1-4H3/t14-,17-,19-,21-,30+,31+,32-,33-/m0/s1. The lowest BCUT2D eigenvalue weighted by Crippen LogP contribution is -2.55. The number of hydrogen-bond acceptors (Lipinski definition) is 16. The molecule has 3 fully saturated rings. The molecule has 5 aliphatic rings. The van der Waals surface area contributed by atoms with Gasteiger partial charge in [0.05, 0.1) is 54.6 Å². The van der Waals surface area contributed by atoms with E-state index in [9.17, 15) is 33.3 Å². The molecule has 3 heterocycles. The lowest BCUT2D eigenvalue weighted by molar-refractivity contribution is -0.256. The van der Waals surface area contributed by atoms with Gasteiger partial charge in [0.15, 0.2) is 30.4 Å². The Hall–Kier alpha value is -3.52. The average Bonchev–Trinajstić information content (AvgIpc) is 3.46. The number of ether oxygens (including phenoxy) is 6. The molecule has 0 bridgehead atoms. The van der Waals surface area contributed by atoms with Gasteiger partial charge in [-0.15, -0.1) is 0 Å². The summed E-state index contributed by atoms with van der Waals surface area (Å²) in [6.07, 6.45) is -4.44. The van der Waals surface area contributed by atoms with Crippen LogP contribution in [-0.2, 0) is 49.2 Å². The van der Waals surface area contributed by atoms with E-state index in [-0.39, 0.29) is 57.8 Å². The van der Waals surface area contributed by atoms with E-state index in [1.807, 2.05) is 6.92 Å². The van der Waals surface area contributed by atoms with E-state index in [2.05, 4.69) is 4.90 Å². The van der Waals surface area contributed by atoms with Gasteiger partial charge in [0.2, 0.25) is 0 Å². The summed E-state index contributed by atoms with van der Waals surface area (Å²) >= 11 is 0. The molecule has 0 spiro atoms. The highest BCUT2D eigenvalue weighted by atomic mass is 32.2. The van der Waals surface area contributed by atoms with Gasteiger partial charge in [-0.3, -0.25) is 24.1 Å². The molecular weight excluding hydrogens is 680 g/mol. The number of phenols is 2. The number of fused-ring (bicyclic) bond motifs is 6. The molecule has 0 unspecified atom stereocenters. The summed E-state index contributed by atoms with van der Waals surface area (Å²) in [6.45, 7) is 1.75. The van der Waals surface area contributed by atoms with Crippen molar-refractivity contribution in [3.63, 3.8) is 0 Å². The summed E-state index contributed by atoms with van der Waals surface area (Å²) in [7, 11) is -1.17. The van der Waals surface area contributed by atoms with Crippen molar-refractivity contribution in [1.82, 2.24) is 4.90 Å². The molecule has 3 saturated heterocycles. The lowest BCUT2D eigenvalue weighted by Gasteiger charge is -2.43. The largest absolute Gasteiger partial charge is 0.507 e. The number of nitrogens with one attached hydrogen (secondary N) is 1. The smallest absolute Gasteiger partial charge is 0.264 e. The van der Waals surface area contributed by atoms with Crippen LogP contribution in [0.3, 0.4) is 0 Å². The number of rotatable bonds is 8. The van der Waals surface area contributed by atoms with Gasteiger partial charge in [0.25, 0.3) is 10.1 Å². The van der Waals surface area contributed by atoms with Crippen molar-refractivity contribution < 1.29 is 65.9 Å². The number of ketones is 2. The Morgan fingerprint density at radius 1 is 1.14 bits per heavy atom. The van der Waals surface area contributed by atoms with Crippen LogP contribution < -0.4 is 4.74 Å². The normalized spacial score (nSPS) is 32.1. The molecule has 7 rings (SSSR count). The van der Waals surface area contributed by atoms with Gasteiger partial charge in [0.1, 0.15) is 35.6 Å². The second-order valence-electron chi connectivity index (χ2n) is 13.1. The predicted molar refractivity (Wildman–Crippen MR) is 170 cm³/mol. The van der Waals surface area contributed by atoms with Crippen LogP contribution in [-0.4, -0.2) is 129 Å². The zero-order chi connectivity index (χ0) is 35.9. The summed E-state index contributed by atoms with van der Waals surface area (Å²) in [4.78, 5) is 29.4. The number of benzene rings is 2. The molecule has 3 aliphatic heterocycles. The number of hydrogen-bond donors (Lipinski definition) is 4. The maximum Gasteiger partial charge on any atom is 0.264 e. The van der Waals surface area contributed by atoms with E-state index in [0.29, 0.717) is 13.2 Å². The second kappa shape index (κ2) is 12.6. The van der Waals surface area contributed by atoms with Crippen molar-refractivity contribution in [2.75, 3.05) is 40.2 Å². The van der Waals surface area contributed by atoms with Crippen LogP contribution in [0.1, 0.15) is 64.0 Å². The van der Waals surface area contributed by atoms with E-state index in [4.69, 9.17) is 38.0 Å². The fraction of sp³-hybridized carbons (Fsp3) is 0.545. The molecule has 0 amide bonds. The zero-order valence-corrected chi connectivity index (χ0v) is 28.5. The monoisotopic (exact) mass is 718 g/mol.